The van der Waals surface area contributed by atoms with Gasteiger partial charge in [0, 0.05) is 52.2 Å². The first-order valence-electron chi connectivity index (χ1n) is 9.53. The van der Waals surface area contributed by atoms with Gasteiger partial charge >= 0.3 is 5.97 Å². The van der Waals surface area contributed by atoms with Crippen molar-refractivity contribution in [3.05, 3.63) is 70.7 Å². The van der Waals surface area contributed by atoms with Crippen molar-refractivity contribution in [3.8, 4) is 5.75 Å². The summed E-state index contributed by atoms with van der Waals surface area (Å²) in [7, 11) is 0. The second-order valence-corrected chi connectivity index (χ2v) is 7.26. The molecule has 4 aromatic rings. The Morgan fingerprint density at radius 1 is 1.26 bits per heavy atom. The van der Waals surface area contributed by atoms with Gasteiger partial charge in [-0.05, 0) is 35.9 Å². The molecule has 8 nitrogen and oxygen atoms in total. The van der Waals surface area contributed by atoms with Crippen LogP contribution in [0, 0.1) is 0 Å². The number of benzene rings is 2. The Bertz CT molecular complexity index is 1240. The summed E-state index contributed by atoms with van der Waals surface area (Å²) in [5.74, 6) is -0.835. The minimum absolute atomic E-state index is 0.0595. The van der Waals surface area contributed by atoms with E-state index in [0.717, 1.165) is 5.56 Å². The minimum Gasteiger partial charge on any atom is -0.507 e. The molecule has 0 amide bonds. The number of carbonyl (C=O) groups is 1. The van der Waals surface area contributed by atoms with Crippen LogP contribution in [0.4, 0.5) is 0 Å². The molecular weight excluding hydrogens is 422 g/mol. The van der Waals surface area contributed by atoms with Crippen molar-refractivity contribution in [2.24, 2.45) is 5.73 Å². The van der Waals surface area contributed by atoms with E-state index in [-0.39, 0.29) is 11.3 Å². The number of fused-ring (bicyclic) bond motifs is 3. The summed E-state index contributed by atoms with van der Waals surface area (Å²) in [6, 6.07) is 8.07. The van der Waals surface area contributed by atoms with Gasteiger partial charge in [-0.25, -0.2) is 4.79 Å². The fourth-order valence-electron chi connectivity index (χ4n) is 3.74. The van der Waals surface area contributed by atoms with Gasteiger partial charge in [-0.15, -0.1) is 0 Å². The van der Waals surface area contributed by atoms with E-state index in [1.54, 1.807) is 42.7 Å². The van der Waals surface area contributed by atoms with Crippen LogP contribution in [0.3, 0.4) is 0 Å². The highest BCUT2D eigenvalue weighted by molar-refractivity contribution is 6.32. The molecular formula is C22H20ClN3O5. The van der Waals surface area contributed by atoms with E-state index in [4.69, 9.17) is 31.6 Å². The zero-order chi connectivity index (χ0) is 22.0. The molecule has 0 radical (unpaired) electrons. The van der Waals surface area contributed by atoms with E-state index in [0.29, 0.717) is 45.4 Å². The Labute approximate surface area is 182 Å². The number of nitrogens with zero attached hydrogens (tertiary/aromatic N) is 1. The van der Waals surface area contributed by atoms with Gasteiger partial charge in [0.05, 0.1) is 6.04 Å². The number of carbonyl (C=O) groups excluding carboxylic acids is 1. The lowest BCUT2D eigenvalue weighted by Crippen LogP contribution is -2.28. The van der Waals surface area contributed by atoms with Gasteiger partial charge < -0.3 is 30.4 Å². The SMILES string of the molecule is NCCNC(c1ccncc1)c1c(O)c2cc(Cl)ccc2c2occ(C(=O)OCO)c12. The minimum atomic E-state index is -0.783. The summed E-state index contributed by atoms with van der Waals surface area (Å²) >= 11 is 6.19. The molecule has 1 unspecified atom stereocenters. The first kappa shape index (κ1) is 21.1. The fraction of sp³-hybridized carbons (Fsp3) is 0.182. The average Bonchev–Trinajstić information content (AvgIpc) is 3.21. The van der Waals surface area contributed by atoms with Crippen molar-refractivity contribution in [2.45, 2.75) is 6.04 Å². The van der Waals surface area contributed by atoms with Gasteiger partial charge in [0.15, 0.2) is 6.79 Å². The standard InChI is InChI=1S/C22H20ClN3O5/c23-13-1-2-14-15(9-13)20(28)18(17-16(10-30-21(14)17)22(29)31-11-27)19(26-8-5-24)12-3-6-25-7-4-12/h1-4,6-7,9-10,19,26-28H,5,8,11,24H2. The molecule has 0 bridgehead atoms. The third kappa shape index (κ3) is 3.82. The molecule has 0 saturated carbocycles. The first-order chi connectivity index (χ1) is 15.1. The molecule has 160 valence electrons. The van der Waals surface area contributed by atoms with Crippen molar-refractivity contribution >= 4 is 39.3 Å². The van der Waals surface area contributed by atoms with Crippen LogP contribution in [-0.2, 0) is 4.74 Å². The third-order valence-corrected chi connectivity index (χ3v) is 5.27. The molecule has 2 aromatic carbocycles. The van der Waals surface area contributed by atoms with Gasteiger partial charge in [-0.3, -0.25) is 4.98 Å². The molecule has 0 saturated heterocycles. The summed E-state index contributed by atoms with van der Waals surface area (Å²) in [6.45, 7) is 0.0146. The lowest BCUT2D eigenvalue weighted by atomic mass is 9.90. The number of phenolic OH excluding ortho intramolecular Hbond substituents is 1. The third-order valence-electron chi connectivity index (χ3n) is 5.03. The van der Waals surface area contributed by atoms with Gasteiger partial charge in [0.25, 0.3) is 0 Å². The van der Waals surface area contributed by atoms with Crippen LogP contribution in [-0.4, -0.2) is 41.0 Å². The zero-order valence-electron chi connectivity index (χ0n) is 16.3. The normalized spacial score (nSPS) is 12.4. The van der Waals surface area contributed by atoms with Gasteiger partial charge in [-0.2, -0.15) is 0 Å². The number of furan rings is 1. The molecule has 2 aromatic heterocycles. The number of aromatic hydroxyl groups is 1. The smallest absolute Gasteiger partial charge is 0.344 e. The molecule has 5 N–H and O–H groups in total. The number of rotatable bonds is 7. The van der Waals surface area contributed by atoms with Crippen molar-refractivity contribution in [1.82, 2.24) is 10.3 Å². The summed E-state index contributed by atoms with van der Waals surface area (Å²) in [5, 5.41) is 25.6. The van der Waals surface area contributed by atoms with E-state index >= 15 is 0 Å². The number of phenols is 1. The highest BCUT2D eigenvalue weighted by Crippen LogP contribution is 2.45. The number of nitrogens with two attached hydrogens (primary N) is 1. The predicted octanol–water partition coefficient (Wildman–Crippen LogP) is 3.08. The van der Waals surface area contributed by atoms with Crippen LogP contribution in [0.2, 0.25) is 5.02 Å². The molecule has 2 heterocycles. The Hall–Kier alpha value is -3.17. The highest BCUT2D eigenvalue weighted by atomic mass is 35.5. The molecule has 1 atom stereocenters. The van der Waals surface area contributed by atoms with Gasteiger partial charge in [-0.1, -0.05) is 11.6 Å². The zero-order valence-corrected chi connectivity index (χ0v) is 17.1. The van der Waals surface area contributed by atoms with Crippen molar-refractivity contribution in [3.63, 3.8) is 0 Å². The number of aromatic nitrogens is 1. The fourth-order valence-corrected chi connectivity index (χ4v) is 3.91. The number of aliphatic hydroxyl groups is 1. The van der Waals surface area contributed by atoms with Crippen LogP contribution >= 0.6 is 11.6 Å². The Kier molecular flexibility index (Phi) is 6.06. The van der Waals surface area contributed by atoms with Gasteiger partial charge in [0.1, 0.15) is 23.2 Å². The number of hydrogen-bond acceptors (Lipinski definition) is 8. The number of pyridine rings is 1. The molecule has 0 aliphatic rings. The number of halogens is 1. The van der Waals surface area contributed by atoms with E-state index in [1.807, 2.05) is 0 Å². The number of aliphatic hydroxyl groups excluding tert-OH is 1. The summed E-state index contributed by atoms with van der Waals surface area (Å²) in [6.07, 6.45) is 4.52. The summed E-state index contributed by atoms with van der Waals surface area (Å²) < 4.78 is 10.5. The maximum atomic E-state index is 12.6. The van der Waals surface area contributed by atoms with E-state index < -0.39 is 18.8 Å². The maximum absolute atomic E-state index is 12.6. The molecule has 0 aliphatic carbocycles. The quantitative estimate of drug-likeness (QED) is 0.254. The van der Waals surface area contributed by atoms with Crippen LogP contribution < -0.4 is 11.1 Å². The van der Waals surface area contributed by atoms with E-state index in [9.17, 15) is 9.90 Å². The van der Waals surface area contributed by atoms with E-state index in [1.165, 1.54) is 6.26 Å². The maximum Gasteiger partial charge on any atom is 0.344 e. The second-order valence-electron chi connectivity index (χ2n) is 6.82. The van der Waals surface area contributed by atoms with Crippen LogP contribution in [0.25, 0.3) is 21.7 Å². The van der Waals surface area contributed by atoms with Gasteiger partial charge in [0.2, 0.25) is 0 Å². The first-order valence-corrected chi connectivity index (χ1v) is 9.91. The van der Waals surface area contributed by atoms with Crippen LogP contribution in [0.1, 0.15) is 27.5 Å². The largest absolute Gasteiger partial charge is 0.507 e. The number of ether oxygens (including phenoxy) is 1. The lowest BCUT2D eigenvalue weighted by Gasteiger charge is -2.23. The Balaban J connectivity index is 2.10. The summed E-state index contributed by atoms with van der Waals surface area (Å²) in [5.41, 5.74) is 7.39. The lowest BCUT2D eigenvalue weighted by molar-refractivity contribution is 0.00695. The molecule has 0 fully saturated rings. The van der Waals surface area contributed by atoms with Crippen LogP contribution in [0.15, 0.2) is 53.4 Å². The van der Waals surface area contributed by atoms with Crippen LogP contribution in [0.5, 0.6) is 5.75 Å². The molecule has 0 spiro atoms. The number of hydrogen-bond donors (Lipinski definition) is 4. The predicted molar refractivity (Wildman–Crippen MR) is 116 cm³/mol. The highest BCUT2D eigenvalue weighted by Gasteiger charge is 2.29. The molecule has 9 heteroatoms. The molecule has 4 rings (SSSR count). The summed E-state index contributed by atoms with van der Waals surface area (Å²) in [4.78, 5) is 16.6. The van der Waals surface area contributed by atoms with Crippen molar-refractivity contribution < 1.29 is 24.2 Å². The van der Waals surface area contributed by atoms with Crippen molar-refractivity contribution in [2.75, 3.05) is 19.9 Å². The average molecular weight is 442 g/mol. The monoisotopic (exact) mass is 441 g/mol. The van der Waals surface area contributed by atoms with Crippen molar-refractivity contribution in [1.29, 1.82) is 0 Å². The Morgan fingerprint density at radius 3 is 2.74 bits per heavy atom. The Morgan fingerprint density at radius 2 is 2.03 bits per heavy atom. The van der Waals surface area contributed by atoms with E-state index in [2.05, 4.69) is 10.3 Å². The topological polar surface area (TPSA) is 131 Å². The number of nitrogens with one attached hydrogen (secondary N) is 1. The number of esters is 1. The second kappa shape index (κ2) is 8.91. The molecule has 0 aliphatic heterocycles. The molecule has 31 heavy (non-hydrogen) atoms.